The molecule has 0 heterocycles. The molecule has 0 aliphatic carbocycles. The van der Waals surface area contributed by atoms with Gasteiger partial charge in [0, 0.05) is 22.6 Å². The van der Waals surface area contributed by atoms with Crippen molar-refractivity contribution >= 4 is 22.6 Å². The van der Waals surface area contributed by atoms with Crippen LogP contribution in [0.2, 0.25) is 0 Å². The Hall–Kier alpha value is 0.210. The number of hydrogen-bond acceptors (Lipinski definition) is 2. The molecule has 3 heteroatoms. The molecular formula is C9H15IO2. The van der Waals surface area contributed by atoms with Gasteiger partial charge in [0.15, 0.2) is 0 Å². The van der Waals surface area contributed by atoms with Crippen LogP contribution in [0, 0.1) is 9.85 Å². The van der Waals surface area contributed by atoms with E-state index in [1.54, 1.807) is 0 Å². The molecule has 0 aliphatic heterocycles. The Morgan fingerprint density at radius 3 is 2.67 bits per heavy atom. The standard InChI is InChI=1S/C9H15IO2/c1-3-4-9(2,5-6-10)12-8-7-11/h11H,3-4,7-8H2,1-2H3. The van der Waals surface area contributed by atoms with E-state index >= 15 is 0 Å². The number of ether oxygens (including phenoxy) is 1. The monoisotopic (exact) mass is 282 g/mol. The highest BCUT2D eigenvalue weighted by Gasteiger charge is 2.20. The minimum atomic E-state index is -0.376. The molecular weight excluding hydrogens is 267 g/mol. The van der Waals surface area contributed by atoms with Crippen molar-refractivity contribution in [3.63, 3.8) is 0 Å². The van der Waals surface area contributed by atoms with Gasteiger partial charge in [-0.3, -0.25) is 0 Å². The van der Waals surface area contributed by atoms with Crippen LogP contribution in [-0.4, -0.2) is 23.9 Å². The maximum absolute atomic E-state index is 8.59. The van der Waals surface area contributed by atoms with Gasteiger partial charge in [0.2, 0.25) is 0 Å². The molecule has 70 valence electrons. The quantitative estimate of drug-likeness (QED) is 0.617. The largest absolute Gasteiger partial charge is 0.394 e. The van der Waals surface area contributed by atoms with Gasteiger partial charge in [0.1, 0.15) is 5.60 Å². The van der Waals surface area contributed by atoms with Crippen LogP contribution >= 0.6 is 22.6 Å². The summed E-state index contributed by atoms with van der Waals surface area (Å²) in [5.74, 6) is 3.00. The second-order valence-electron chi connectivity index (χ2n) is 2.77. The lowest BCUT2D eigenvalue weighted by Gasteiger charge is -2.22. The highest BCUT2D eigenvalue weighted by atomic mass is 127. The van der Waals surface area contributed by atoms with Crippen molar-refractivity contribution in [2.45, 2.75) is 32.3 Å². The van der Waals surface area contributed by atoms with Crippen molar-refractivity contribution in [3.8, 4) is 9.85 Å². The molecule has 1 unspecified atom stereocenters. The molecule has 12 heavy (non-hydrogen) atoms. The van der Waals surface area contributed by atoms with Crippen molar-refractivity contribution in [3.05, 3.63) is 0 Å². The topological polar surface area (TPSA) is 29.5 Å². The van der Waals surface area contributed by atoms with Gasteiger partial charge in [0.25, 0.3) is 0 Å². The first-order valence-corrected chi connectivity index (χ1v) is 5.14. The second kappa shape index (κ2) is 6.70. The highest BCUT2D eigenvalue weighted by Crippen LogP contribution is 2.16. The van der Waals surface area contributed by atoms with E-state index in [1.807, 2.05) is 29.5 Å². The number of rotatable bonds is 5. The van der Waals surface area contributed by atoms with E-state index in [2.05, 4.69) is 16.8 Å². The maximum atomic E-state index is 8.59. The number of hydrogen-bond donors (Lipinski definition) is 1. The fourth-order valence-electron chi connectivity index (χ4n) is 1.02. The first kappa shape index (κ1) is 12.2. The van der Waals surface area contributed by atoms with Gasteiger partial charge in [-0.2, -0.15) is 0 Å². The molecule has 0 saturated heterocycles. The lowest BCUT2D eigenvalue weighted by molar-refractivity contribution is -0.0114. The van der Waals surface area contributed by atoms with Gasteiger partial charge in [-0.1, -0.05) is 19.3 Å². The van der Waals surface area contributed by atoms with E-state index in [4.69, 9.17) is 9.84 Å². The zero-order valence-electron chi connectivity index (χ0n) is 7.56. The van der Waals surface area contributed by atoms with Crippen LogP contribution in [-0.2, 0) is 4.74 Å². The molecule has 0 aromatic rings. The van der Waals surface area contributed by atoms with Crippen LogP contribution in [0.4, 0.5) is 0 Å². The average molecular weight is 282 g/mol. The summed E-state index contributed by atoms with van der Waals surface area (Å²) in [6.45, 7) is 4.47. The van der Waals surface area contributed by atoms with Crippen molar-refractivity contribution in [2.24, 2.45) is 0 Å². The fraction of sp³-hybridized carbons (Fsp3) is 0.778. The Balaban J connectivity index is 4.05. The molecule has 1 atom stereocenters. The van der Waals surface area contributed by atoms with Crippen molar-refractivity contribution in [2.75, 3.05) is 13.2 Å². The molecule has 0 radical (unpaired) electrons. The number of aliphatic hydroxyl groups excluding tert-OH is 1. The minimum Gasteiger partial charge on any atom is -0.394 e. The van der Waals surface area contributed by atoms with Gasteiger partial charge < -0.3 is 9.84 Å². The third kappa shape index (κ3) is 4.96. The maximum Gasteiger partial charge on any atom is 0.126 e. The predicted octanol–water partition coefficient (Wildman–Crippen LogP) is 1.95. The Bertz CT molecular complexity index is 171. The number of halogens is 1. The smallest absolute Gasteiger partial charge is 0.126 e. The van der Waals surface area contributed by atoms with Crippen LogP contribution in [0.5, 0.6) is 0 Å². The SMILES string of the molecule is CCCC(C)(C#CI)OCCO. The molecule has 0 bridgehead atoms. The Labute approximate surface area is 87.8 Å². The van der Waals surface area contributed by atoms with Gasteiger partial charge >= 0.3 is 0 Å². The molecule has 0 spiro atoms. The third-order valence-corrected chi connectivity index (χ3v) is 1.82. The van der Waals surface area contributed by atoms with Gasteiger partial charge in [-0.05, 0) is 17.3 Å². The van der Waals surface area contributed by atoms with E-state index in [0.29, 0.717) is 6.61 Å². The average Bonchev–Trinajstić information content (AvgIpc) is 2.02. The van der Waals surface area contributed by atoms with E-state index in [0.717, 1.165) is 12.8 Å². The summed E-state index contributed by atoms with van der Waals surface area (Å²) in [6, 6.07) is 0. The molecule has 1 N–H and O–H groups in total. The van der Waals surface area contributed by atoms with E-state index < -0.39 is 0 Å². The van der Waals surface area contributed by atoms with Gasteiger partial charge in [-0.15, -0.1) is 0 Å². The summed E-state index contributed by atoms with van der Waals surface area (Å²) >= 11 is 2.00. The lowest BCUT2D eigenvalue weighted by atomic mass is 10.0. The molecule has 0 saturated carbocycles. The van der Waals surface area contributed by atoms with Crippen LogP contribution in [0.25, 0.3) is 0 Å². The van der Waals surface area contributed by atoms with Crippen LogP contribution in [0.1, 0.15) is 26.7 Å². The summed E-state index contributed by atoms with van der Waals surface area (Å²) in [6.07, 6.45) is 1.94. The predicted molar refractivity (Wildman–Crippen MR) is 58.1 cm³/mol. The molecule has 0 amide bonds. The Morgan fingerprint density at radius 1 is 1.58 bits per heavy atom. The van der Waals surface area contributed by atoms with Gasteiger partial charge in [-0.25, -0.2) is 0 Å². The highest BCUT2D eigenvalue weighted by molar-refractivity contribution is 14.1. The molecule has 2 nitrogen and oxygen atoms in total. The Morgan fingerprint density at radius 2 is 2.25 bits per heavy atom. The fourth-order valence-corrected chi connectivity index (χ4v) is 1.59. The molecule has 0 aliphatic rings. The van der Waals surface area contributed by atoms with E-state index in [1.165, 1.54) is 0 Å². The summed E-state index contributed by atoms with van der Waals surface area (Å²) < 4.78 is 8.25. The summed E-state index contributed by atoms with van der Waals surface area (Å²) in [7, 11) is 0. The third-order valence-electron chi connectivity index (χ3n) is 1.55. The molecule has 0 aromatic carbocycles. The number of aliphatic hydroxyl groups is 1. The molecule has 0 aromatic heterocycles. The normalized spacial score (nSPS) is 14.7. The summed E-state index contributed by atoms with van der Waals surface area (Å²) in [4.78, 5) is 0. The lowest BCUT2D eigenvalue weighted by Crippen LogP contribution is -2.27. The van der Waals surface area contributed by atoms with Crippen molar-refractivity contribution < 1.29 is 9.84 Å². The first-order chi connectivity index (χ1) is 5.68. The van der Waals surface area contributed by atoms with Gasteiger partial charge in [0.05, 0.1) is 13.2 Å². The molecule has 0 fully saturated rings. The summed E-state index contributed by atoms with van der Waals surface area (Å²) in [5.41, 5.74) is -0.376. The van der Waals surface area contributed by atoms with E-state index in [9.17, 15) is 0 Å². The first-order valence-electron chi connectivity index (χ1n) is 4.06. The van der Waals surface area contributed by atoms with Crippen molar-refractivity contribution in [1.29, 1.82) is 0 Å². The Kier molecular flexibility index (Phi) is 6.81. The minimum absolute atomic E-state index is 0.0578. The zero-order chi connectivity index (χ0) is 9.45. The zero-order valence-corrected chi connectivity index (χ0v) is 9.72. The van der Waals surface area contributed by atoms with E-state index in [-0.39, 0.29) is 12.2 Å². The van der Waals surface area contributed by atoms with Crippen molar-refractivity contribution in [1.82, 2.24) is 0 Å². The van der Waals surface area contributed by atoms with Crippen LogP contribution in [0.3, 0.4) is 0 Å². The second-order valence-corrected chi connectivity index (χ2v) is 3.31. The summed E-state index contributed by atoms with van der Waals surface area (Å²) in [5, 5.41) is 8.59. The van der Waals surface area contributed by atoms with Crippen LogP contribution < -0.4 is 0 Å². The molecule has 0 rings (SSSR count). The van der Waals surface area contributed by atoms with Crippen LogP contribution in [0.15, 0.2) is 0 Å².